The fourth-order valence-corrected chi connectivity index (χ4v) is 5.93. The van der Waals surface area contributed by atoms with Crippen LogP contribution in [0, 0.1) is 20.8 Å². The first-order valence-electron chi connectivity index (χ1n) is 13.5. The number of nitrogens with one attached hydrogen (secondary N) is 1. The molecule has 214 valence electrons. The molecular weight excluding hydrogens is 522 g/mol. The van der Waals surface area contributed by atoms with Crippen LogP contribution in [0.15, 0.2) is 77.7 Å². The zero-order valence-electron chi connectivity index (χ0n) is 24.6. The van der Waals surface area contributed by atoms with Gasteiger partial charge in [0.2, 0.25) is 11.8 Å². The number of sulfonamides is 1. The molecular formula is C32H41N3O4S. The van der Waals surface area contributed by atoms with Gasteiger partial charge in [-0.05, 0) is 83.4 Å². The maximum absolute atomic E-state index is 14.1. The summed E-state index contributed by atoms with van der Waals surface area (Å²) < 4.78 is 29.1. The van der Waals surface area contributed by atoms with Gasteiger partial charge >= 0.3 is 0 Å². The highest BCUT2D eigenvalue weighted by Gasteiger charge is 2.34. The molecule has 0 saturated heterocycles. The lowest BCUT2D eigenvalue weighted by Crippen LogP contribution is -2.55. The SMILES string of the molecule is CCC(C(=O)NC(C)(C)C)N(Cc1cccc(C)c1)C(=O)CN(c1cccc(C)c1)S(=O)(=O)c1ccc(C)cc1. The molecule has 3 rings (SSSR count). The number of anilines is 1. The molecule has 0 aromatic heterocycles. The Hall–Kier alpha value is -3.65. The van der Waals surface area contributed by atoms with Crippen LogP contribution in [0.3, 0.4) is 0 Å². The Balaban J connectivity index is 2.08. The number of carbonyl (C=O) groups excluding carboxylic acids is 2. The highest BCUT2D eigenvalue weighted by molar-refractivity contribution is 7.92. The third kappa shape index (κ3) is 7.94. The Kier molecular flexibility index (Phi) is 9.79. The van der Waals surface area contributed by atoms with Crippen LogP contribution in [0.2, 0.25) is 0 Å². The molecule has 2 amide bonds. The second-order valence-electron chi connectivity index (χ2n) is 11.3. The number of carbonyl (C=O) groups is 2. The summed E-state index contributed by atoms with van der Waals surface area (Å²) >= 11 is 0. The van der Waals surface area contributed by atoms with Crippen LogP contribution in [0.4, 0.5) is 5.69 Å². The molecule has 7 nitrogen and oxygen atoms in total. The highest BCUT2D eigenvalue weighted by Crippen LogP contribution is 2.26. The summed E-state index contributed by atoms with van der Waals surface area (Å²) in [5.41, 5.74) is 3.57. The van der Waals surface area contributed by atoms with Crippen LogP contribution >= 0.6 is 0 Å². The van der Waals surface area contributed by atoms with Crippen molar-refractivity contribution < 1.29 is 18.0 Å². The van der Waals surface area contributed by atoms with E-state index in [2.05, 4.69) is 5.32 Å². The molecule has 0 bridgehead atoms. The fourth-order valence-electron chi connectivity index (χ4n) is 4.53. The van der Waals surface area contributed by atoms with Gasteiger partial charge in [0.1, 0.15) is 12.6 Å². The van der Waals surface area contributed by atoms with Crippen molar-refractivity contribution in [1.29, 1.82) is 0 Å². The van der Waals surface area contributed by atoms with Gasteiger partial charge in [0.05, 0.1) is 10.6 Å². The smallest absolute Gasteiger partial charge is 0.264 e. The van der Waals surface area contributed by atoms with E-state index in [0.717, 1.165) is 26.6 Å². The van der Waals surface area contributed by atoms with Gasteiger partial charge in [-0.3, -0.25) is 13.9 Å². The van der Waals surface area contributed by atoms with Crippen molar-refractivity contribution in [3.05, 3.63) is 95.1 Å². The van der Waals surface area contributed by atoms with Crippen molar-refractivity contribution in [2.75, 3.05) is 10.8 Å². The topological polar surface area (TPSA) is 86.8 Å². The molecule has 0 aliphatic heterocycles. The van der Waals surface area contributed by atoms with E-state index < -0.39 is 34.1 Å². The molecule has 0 radical (unpaired) electrons. The number of nitrogens with zero attached hydrogens (tertiary/aromatic N) is 2. The van der Waals surface area contributed by atoms with Gasteiger partial charge in [-0.1, -0.05) is 66.6 Å². The van der Waals surface area contributed by atoms with Gasteiger partial charge in [0.15, 0.2) is 0 Å². The molecule has 3 aromatic carbocycles. The third-order valence-corrected chi connectivity index (χ3v) is 8.29. The first-order valence-corrected chi connectivity index (χ1v) is 15.0. The zero-order chi connectivity index (χ0) is 29.7. The lowest BCUT2D eigenvalue weighted by Gasteiger charge is -2.35. The molecule has 3 aromatic rings. The van der Waals surface area contributed by atoms with Crippen molar-refractivity contribution in [3.63, 3.8) is 0 Å². The molecule has 0 saturated carbocycles. The molecule has 1 N–H and O–H groups in total. The quantitative estimate of drug-likeness (QED) is 0.352. The first kappa shape index (κ1) is 30.9. The standard InChI is InChI=1S/C32H41N3O4S/c1-8-29(31(37)33-32(5,6)7)34(21-26-13-9-11-24(3)19-26)30(36)22-35(27-14-10-12-25(4)20-27)40(38,39)28-17-15-23(2)16-18-28/h9-20,29H,8,21-22H2,1-7H3,(H,33,37). The minimum atomic E-state index is -4.09. The maximum Gasteiger partial charge on any atom is 0.264 e. The van der Waals surface area contributed by atoms with Gasteiger partial charge in [-0.15, -0.1) is 0 Å². The second kappa shape index (κ2) is 12.7. The third-order valence-electron chi connectivity index (χ3n) is 6.50. The Morgan fingerprint density at radius 3 is 2.00 bits per heavy atom. The van der Waals surface area contributed by atoms with Gasteiger partial charge in [-0.2, -0.15) is 0 Å². The number of aryl methyl sites for hydroxylation is 3. The number of hydrogen-bond donors (Lipinski definition) is 1. The van der Waals surface area contributed by atoms with E-state index in [1.54, 1.807) is 42.5 Å². The van der Waals surface area contributed by atoms with Gasteiger partial charge in [-0.25, -0.2) is 8.42 Å². The van der Waals surface area contributed by atoms with Gasteiger partial charge in [0.25, 0.3) is 10.0 Å². The molecule has 0 fully saturated rings. The van der Waals surface area contributed by atoms with E-state index in [-0.39, 0.29) is 17.3 Å². The molecule has 0 aliphatic carbocycles. The minimum absolute atomic E-state index is 0.0927. The van der Waals surface area contributed by atoms with E-state index in [4.69, 9.17) is 0 Å². The summed E-state index contributed by atoms with van der Waals surface area (Å²) in [6, 6.07) is 20.6. The number of amides is 2. The second-order valence-corrected chi connectivity index (χ2v) is 13.2. The summed E-state index contributed by atoms with van der Waals surface area (Å²) in [7, 11) is -4.09. The average Bonchev–Trinajstić information content (AvgIpc) is 2.86. The molecule has 0 heterocycles. The van der Waals surface area contributed by atoms with E-state index >= 15 is 0 Å². The normalized spacial score (nSPS) is 12.5. The number of benzene rings is 3. The highest BCUT2D eigenvalue weighted by atomic mass is 32.2. The Bertz CT molecular complexity index is 1440. The predicted molar refractivity (Wildman–Crippen MR) is 161 cm³/mol. The van der Waals surface area contributed by atoms with Gasteiger partial charge in [0, 0.05) is 12.1 Å². The monoisotopic (exact) mass is 563 g/mol. The Labute approximate surface area is 239 Å². The molecule has 1 atom stereocenters. The summed E-state index contributed by atoms with van der Waals surface area (Å²) in [6.07, 6.45) is 0.370. The molecule has 1 unspecified atom stereocenters. The number of rotatable bonds is 10. The minimum Gasteiger partial charge on any atom is -0.350 e. The van der Waals surface area contributed by atoms with E-state index in [1.807, 2.05) is 78.8 Å². The molecule has 0 aliphatic rings. The zero-order valence-corrected chi connectivity index (χ0v) is 25.4. The van der Waals surface area contributed by atoms with Crippen LogP contribution in [0.25, 0.3) is 0 Å². The lowest BCUT2D eigenvalue weighted by atomic mass is 10.0. The van der Waals surface area contributed by atoms with Crippen molar-refractivity contribution in [3.8, 4) is 0 Å². The van der Waals surface area contributed by atoms with Crippen LogP contribution in [-0.2, 0) is 26.2 Å². The van der Waals surface area contributed by atoms with Crippen molar-refractivity contribution in [1.82, 2.24) is 10.2 Å². The average molecular weight is 564 g/mol. The fraction of sp³-hybridized carbons (Fsp3) is 0.375. The Morgan fingerprint density at radius 2 is 1.45 bits per heavy atom. The van der Waals surface area contributed by atoms with Crippen molar-refractivity contribution >= 4 is 27.5 Å². The number of hydrogen-bond acceptors (Lipinski definition) is 4. The van der Waals surface area contributed by atoms with E-state index in [1.165, 1.54) is 4.90 Å². The predicted octanol–water partition coefficient (Wildman–Crippen LogP) is 5.53. The largest absolute Gasteiger partial charge is 0.350 e. The maximum atomic E-state index is 14.1. The van der Waals surface area contributed by atoms with Crippen LogP contribution in [0.5, 0.6) is 0 Å². The van der Waals surface area contributed by atoms with Crippen LogP contribution in [0.1, 0.15) is 56.4 Å². The van der Waals surface area contributed by atoms with Crippen molar-refractivity contribution in [2.45, 2.75) is 77.9 Å². The summed E-state index contributed by atoms with van der Waals surface area (Å²) in [4.78, 5) is 29.1. The molecule has 8 heteroatoms. The summed E-state index contributed by atoms with van der Waals surface area (Å²) in [6.45, 7) is 12.9. The van der Waals surface area contributed by atoms with E-state index in [0.29, 0.717) is 12.1 Å². The van der Waals surface area contributed by atoms with Crippen LogP contribution in [-0.4, -0.2) is 43.3 Å². The Morgan fingerprint density at radius 1 is 0.850 bits per heavy atom. The molecule has 40 heavy (non-hydrogen) atoms. The van der Waals surface area contributed by atoms with Crippen LogP contribution < -0.4 is 9.62 Å². The van der Waals surface area contributed by atoms with Crippen molar-refractivity contribution in [2.24, 2.45) is 0 Å². The van der Waals surface area contributed by atoms with E-state index in [9.17, 15) is 18.0 Å². The summed E-state index contributed by atoms with van der Waals surface area (Å²) in [5.74, 6) is -0.742. The first-order chi connectivity index (χ1) is 18.7. The molecule has 0 spiro atoms. The van der Waals surface area contributed by atoms with Gasteiger partial charge < -0.3 is 10.2 Å². The summed E-state index contributed by atoms with van der Waals surface area (Å²) in [5, 5.41) is 2.99. The lowest BCUT2D eigenvalue weighted by molar-refractivity contribution is -0.141.